The molecule has 14 nitrogen and oxygen atoms in total. The Kier molecular flexibility index (Phi) is 9.84. The lowest BCUT2D eigenvalue weighted by Crippen LogP contribution is -2.51. The number of hydrogen-bond acceptors (Lipinski definition) is 12. The number of hydrogen-bond donors (Lipinski definition) is 4. The minimum atomic E-state index is -4.16. The van der Waals surface area contributed by atoms with Crippen LogP contribution in [0.5, 0.6) is 11.8 Å². The molecule has 0 fully saturated rings. The zero-order valence-corrected chi connectivity index (χ0v) is 22.3. The van der Waals surface area contributed by atoms with Gasteiger partial charge in [0.05, 0.1) is 19.9 Å². The van der Waals surface area contributed by atoms with Crippen molar-refractivity contribution in [2.45, 2.75) is 31.4 Å². The SMILES string of the molecule is COc1cccc(C(O)NN/C(=N/c2cccnc2OC)NS(=O)(=O)[C@@H](C)[C@H](OC)c2ncc(C)cn2)n1. The van der Waals surface area contributed by atoms with Crippen LogP contribution in [-0.2, 0) is 14.8 Å². The lowest BCUT2D eigenvalue weighted by molar-refractivity contribution is 0.0946. The summed E-state index contributed by atoms with van der Waals surface area (Å²) in [4.78, 5) is 20.9. The van der Waals surface area contributed by atoms with Crippen LogP contribution in [0.2, 0.25) is 0 Å². The normalized spacial score (nSPS) is 14.3. The average Bonchev–Trinajstić information content (AvgIpc) is 2.93. The number of sulfonamides is 1. The summed E-state index contributed by atoms with van der Waals surface area (Å²) in [5, 5.41) is 9.41. The summed E-state index contributed by atoms with van der Waals surface area (Å²) in [7, 11) is 0.0592. The van der Waals surface area contributed by atoms with E-state index in [4.69, 9.17) is 14.2 Å². The van der Waals surface area contributed by atoms with Crippen LogP contribution in [0.25, 0.3) is 0 Å². The van der Waals surface area contributed by atoms with Crippen LogP contribution in [0.15, 0.2) is 53.9 Å². The summed E-state index contributed by atoms with van der Waals surface area (Å²) < 4.78 is 44.9. The minimum Gasteiger partial charge on any atom is -0.481 e. The third-order valence-corrected chi connectivity index (χ3v) is 6.91. The van der Waals surface area contributed by atoms with E-state index >= 15 is 0 Å². The number of nitrogens with one attached hydrogen (secondary N) is 3. The van der Waals surface area contributed by atoms with Crippen LogP contribution < -0.4 is 25.0 Å². The summed E-state index contributed by atoms with van der Waals surface area (Å²) in [5.74, 6) is 0.353. The van der Waals surface area contributed by atoms with Gasteiger partial charge in [0, 0.05) is 31.8 Å². The lowest BCUT2D eigenvalue weighted by atomic mass is 10.2. The number of aliphatic hydroxyl groups excluding tert-OH is 1. The van der Waals surface area contributed by atoms with E-state index < -0.39 is 27.6 Å². The maximum Gasteiger partial charge on any atom is 0.240 e. The Morgan fingerprint density at radius 2 is 1.79 bits per heavy atom. The van der Waals surface area contributed by atoms with Gasteiger partial charge in [-0.3, -0.25) is 10.1 Å². The zero-order valence-electron chi connectivity index (χ0n) is 21.5. The summed E-state index contributed by atoms with van der Waals surface area (Å²) in [6, 6.07) is 7.99. The van der Waals surface area contributed by atoms with Gasteiger partial charge in [0.1, 0.15) is 17.0 Å². The van der Waals surface area contributed by atoms with Gasteiger partial charge in [0.2, 0.25) is 27.7 Å². The number of guanidine groups is 1. The molecule has 0 amide bonds. The van der Waals surface area contributed by atoms with Crippen molar-refractivity contribution >= 4 is 21.7 Å². The van der Waals surface area contributed by atoms with Crippen LogP contribution >= 0.6 is 0 Å². The van der Waals surface area contributed by atoms with Gasteiger partial charge < -0.3 is 19.3 Å². The van der Waals surface area contributed by atoms with Crippen molar-refractivity contribution in [2.24, 2.45) is 4.99 Å². The molecule has 0 aliphatic rings. The van der Waals surface area contributed by atoms with Crippen LogP contribution in [0.1, 0.15) is 36.3 Å². The van der Waals surface area contributed by atoms with Crippen molar-refractivity contribution in [1.82, 2.24) is 35.5 Å². The molecule has 0 bridgehead atoms. The number of nitrogens with zero attached hydrogens (tertiary/aromatic N) is 5. The molecule has 3 aromatic heterocycles. The van der Waals surface area contributed by atoms with Crippen molar-refractivity contribution in [3.8, 4) is 11.8 Å². The fourth-order valence-corrected chi connectivity index (χ4v) is 4.29. The van der Waals surface area contributed by atoms with Gasteiger partial charge in [-0.15, -0.1) is 0 Å². The molecule has 204 valence electrons. The number of aromatic nitrogens is 4. The van der Waals surface area contributed by atoms with Crippen molar-refractivity contribution in [1.29, 1.82) is 0 Å². The molecule has 0 spiro atoms. The Labute approximate surface area is 220 Å². The quantitative estimate of drug-likeness (QED) is 0.116. The molecule has 1 unspecified atom stereocenters. The molecule has 0 saturated carbocycles. The smallest absolute Gasteiger partial charge is 0.240 e. The monoisotopic (exact) mass is 546 g/mol. The maximum absolute atomic E-state index is 13.4. The topological polar surface area (TPSA) is 182 Å². The van der Waals surface area contributed by atoms with E-state index in [0.717, 1.165) is 5.56 Å². The van der Waals surface area contributed by atoms with Gasteiger partial charge in [-0.1, -0.05) is 6.07 Å². The third kappa shape index (κ3) is 7.32. The Morgan fingerprint density at radius 3 is 2.45 bits per heavy atom. The lowest BCUT2D eigenvalue weighted by Gasteiger charge is -2.23. The van der Waals surface area contributed by atoms with E-state index in [-0.39, 0.29) is 34.9 Å². The molecule has 0 aliphatic heterocycles. The Bertz CT molecular complexity index is 1340. The van der Waals surface area contributed by atoms with Gasteiger partial charge in [0.25, 0.3) is 0 Å². The number of aliphatic hydroxyl groups is 1. The first kappa shape index (κ1) is 28.6. The van der Waals surface area contributed by atoms with Gasteiger partial charge in [0.15, 0.2) is 12.1 Å². The Hall–Kier alpha value is -3.92. The molecule has 0 aromatic carbocycles. The molecule has 0 radical (unpaired) electrons. The van der Waals surface area contributed by atoms with Crippen LogP contribution in [0, 0.1) is 6.92 Å². The molecular formula is C23H30N8O6S. The van der Waals surface area contributed by atoms with E-state index in [1.54, 1.807) is 42.7 Å². The van der Waals surface area contributed by atoms with Gasteiger partial charge in [-0.05, 0) is 37.6 Å². The van der Waals surface area contributed by atoms with Gasteiger partial charge in [-0.25, -0.2) is 38.8 Å². The number of methoxy groups -OCH3 is 3. The van der Waals surface area contributed by atoms with Crippen molar-refractivity contribution in [2.75, 3.05) is 21.3 Å². The highest BCUT2D eigenvalue weighted by Crippen LogP contribution is 2.25. The Morgan fingerprint density at radius 1 is 1.05 bits per heavy atom. The van der Waals surface area contributed by atoms with Crippen LogP contribution in [0.3, 0.4) is 0 Å². The summed E-state index contributed by atoms with van der Waals surface area (Å²) in [5.41, 5.74) is 6.40. The zero-order chi connectivity index (χ0) is 27.7. The van der Waals surface area contributed by atoms with Gasteiger partial charge >= 0.3 is 0 Å². The molecule has 4 N–H and O–H groups in total. The highest BCUT2D eigenvalue weighted by Gasteiger charge is 2.34. The number of ether oxygens (including phenoxy) is 3. The number of rotatable bonds is 11. The highest BCUT2D eigenvalue weighted by atomic mass is 32.2. The predicted octanol–water partition coefficient (Wildman–Crippen LogP) is 1.06. The average molecular weight is 547 g/mol. The highest BCUT2D eigenvalue weighted by molar-refractivity contribution is 7.90. The van der Waals surface area contributed by atoms with E-state index in [9.17, 15) is 13.5 Å². The largest absolute Gasteiger partial charge is 0.481 e. The molecule has 0 saturated heterocycles. The van der Waals surface area contributed by atoms with E-state index in [0.29, 0.717) is 0 Å². The molecule has 0 aliphatic carbocycles. The third-order valence-electron chi connectivity index (χ3n) is 5.20. The summed E-state index contributed by atoms with van der Waals surface area (Å²) in [6.45, 7) is 3.27. The molecular weight excluding hydrogens is 516 g/mol. The molecule has 15 heteroatoms. The van der Waals surface area contributed by atoms with Crippen LogP contribution in [0.4, 0.5) is 5.69 Å². The van der Waals surface area contributed by atoms with E-state index in [1.165, 1.54) is 34.4 Å². The predicted molar refractivity (Wildman–Crippen MR) is 138 cm³/mol. The molecule has 3 heterocycles. The molecule has 3 atom stereocenters. The van der Waals surface area contributed by atoms with E-state index in [1.807, 2.05) is 6.92 Å². The summed E-state index contributed by atoms with van der Waals surface area (Å²) in [6.07, 6.45) is 2.30. The first-order chi connectivity index (χ1) is 18.2. The second-order valence-electron chi connectivity index (χ2n) is 7.90. The van der Waals surface area contributed by atoms with Crippen molar-refractivity contribution < 1.29 is 27.7 Å². The fourth-order valence-electron chi connectivity index (χ4n) is 3.18. The molecule has 3 aromatic rings. The Balaban J connectivity index is 1.89. The summed E-state index contributed by atoms with van der Waals surface area (Å²) >= 11 is 0. The molecule has 38 heavy (non-hydrogen) atoms. The minimum absolute atomic E-state index is 0.150. The number of pyridine rings is 2. The van der Waals surface area contributed by atoms with Crippen LogP contribution in [-0.4, -0.2) is 66.0 Å². The van der Waals surface area contributed by atoms with Crippen molar-refractivity contribution in [3.05, 3.63) is 66.0 Å². The second kappa shape index (κ2) is 13.0. The second-order valence-corrected chi connectivity index (χ2v) is 9.93. The number of aryl methyl sites for hydroxylation is 1. The molecule has 3 rings (SSSR count). The fraction of sp³-hybridized carbons (Fsp3) is 0.348. The maximum atomic E-state index is 13.4. The van der Waals surface area contributed by atoms with E-state index in [2.05, 4.69) is 40.5 Å². The van der Waals surface area contributed by atoms with Gasteiger partial charge in [-0.2, -0.15) is 0 Å². The van der Waals surface area contributed by atoms with Crippen molar-refractivity contribution in [3.63, 3.8) is 0 Å². The first-order valence-electron chi connectivity index (χ1n) is 11.3. The number of hydrazine groups is 1. The first-order valence-corrected chi connectivity index (χ1v) is 12.8. The standard InChI is InChI=1S/C23H30N8O6S/c1-14-12-25-20(26-13-14)19(36-4)15(2)38(33,34)31-23(28-17-9-7-11-24-22(17)37-5)30-29-21(32)16-8-6-10-18(27-16)35-3/h6-13,15,19,21,29,32H,1-5H3,(H2,28,30,31)/t15-,19-,21?/m0/s1. The number of aliphatic imine (C=N–C) groups is 1.